The van der Waals surface area contributed by atoms with Crippen LogP contribution < -0.4 is 0 Å². The van der Waals surface area contributed by atoms with Gasteiger partial charge < -0.3 is 0 Å². The average molecular weight is 361 g/mol. The van der Waals surface area contributed by atoms with Gasteiger partial charge in [0.2, 0.25) is 0 Å². The zero-order valence-electron chi connectivity index (χ0n) is 1.47. The zero-order valence-corrected chi connectivity index (χ0v) is 7.90. The second kappa shape index (κ2) is 28.8. The Morgan fingerprint density at radius 3 is 1.00 bits per heavy atom. The molecule has 0 spiro atoms. The molecule has 0 unspecified atom stereocenters. The Bertz CT molecular complexity index is 11.6. The van der Waals surface area contributed by atoms with Gasteiger partial charge in [0.15, 0.2) is 0 Å². The molecule has 0 aromatic carbocycles. The summed E-state index contributed by atoms with van der Waals surface area (Å²) in [6.07, 6.45) is 0. The van der Waals surface area contributed by atoms with E-state index < -0.39 is 0 Å². The van der Waals surface area contributed by atoms with Crippen LogP contribution in [0.4, 0.5) is 0 Å². The maximum absolute atomic E-state index is 0. The van der Waals surface area contributed by atoms with E-state index in [-0.39, 0.29) is 91.6 Å². The minimum absolute atomic E-state index is 0. The van der Waals surface area contributed by atoms with Crippen LogP contribution in [0.3, 0.4) is 0 Å². The van der Waals surface area contributed by atoms with E-state index in [0.717, 1.165) is 0 Å². The predicted molar refractivity (Wildman–Crippen MR) is 7.15 cm³/mol. The van der Waals surface area contributed by atoms with Crippen LogP contribution in [0.15, 0.2) is 0 Å². The monoisotopic (exact) mass is 361 g/mol. The van der Waals surface area contributed by atoms with Crippen LogP contribution >= 0.6 is 0 Å². The first-order valence-electron chi connectivity index (χ1n) is 0. The fraction of sp³-hybridized carbons (Fsp3) is 0. The summed E-state index contributed by atoms with van der Waals surface area (Å²) in [6, 6.07) is 0. The molecule has 0 saturated heterocycles. The Labute approximate surface area is 90.3 Å². The fourth-order valence-electron chi connectivity index (χ4n) is 0. The van der Waals surface area contributed by atoms with Crippen LogP contribution in [0.1, 0.15) is 0 Å². The summed E-state index contributed by atoms with van der Waals surface area (Å²) in [5, 5.41) is 0. The first-order valence-corrected chi connectivity index (χ1v) is 0. The van der Waals surface area contributed by atoms with Crippen molar-refractivity contribution >= 4 is 18.9 Å². The normalized spacial score (nSPS) is 0. The molecule has 0 N–H and O–H groups in total. The van der Waals surface area contributed by atoms with E-state index in [1.165, 1.54) is 0 Å². The minimum atomic E-state index is 0. The second-order valence-corrected chi connectivity index (χ2v) is 0. The van der Waals surface area contributed by atoms with Crippen molar-refractivity contribution in [1.29, 1.82) is 0 Å². The molecule has 0 fully saturated rings. The number of hydrogen-bond donors (Lipinski definition) is 0. The molecule has 0 heterocycles. The molecule has 33 valence electrons. The van der Waals surface area contributed by atoms with Crippen LogP contribution in [0.25, 0.3) is 0 Å². The molecule has 5 heteroatoms. The number of hydrogen-bond acceptors (Lipinski definition) is 0. The van der Waals surface area contributed by atoms with Gasteiger partial charge in [0.1, 0.15) is 0 Å². The standard InChI is InChI=1S/Co.Li.Mn.Ni.Ta.H. The summed E-state index contributed by atoms with van der Waals surface area (Å²) >= 11 is 0. The average Bonchev–Trinajstić information content (AvgIpc) is 0. The predicted octanol–water partition coefficient (Wildman–Crippen LogP) is -0.659. The molecular formula is HCoLiMnNiTa. The van der Waals surface area contributed by atoms with E-state index in [1.807, 2.05) is 0 Å². The van der Waals surface area contributed by atoms with E-state index in [9.17, 15) is 0 Å². The van der Waals surface area contributed by atoms with Crippen LogP contribution in [0.2, 0.25) is 0 Å². The topological polar surface area (TPSA) is 0 Å². The van der Waals surface area contributed by atoms with Crippen molar-refractivity contribution in [3.8, 4) is 0 Å². The summed E-state index contributed by atoms with van der Waals surface area (Å²) in [7, 11) is 0. The Kier molecular flexibility index (Phi) is 261. The molecule has 0 bridgehead atoms. The van der Waals surface area contributed by atoms with Crippen molar-refractivity contribution in [1.82, 2.24) is 0 Å². The maximum atomic E-state index is 0. The van der Waals surface area contributed by atoms with Crippen molar-refractivity contribution in [2.45, 2.75) is 0 Å². The summed E-state index contributed by atoms with van der Waals surface area (Å²) in [4.78, 5) is 0. The molecule has 0 nitrogen and oxygen atoms in total. The third-order valence-electron chi connectivity index (χ3n) is 0. The zero-order chi connectivity index (χ0) is 0. The maximum Gasteiger partial charge on any atom is 0 e. The van der Waals surface area contributed by atoms with Crippen molar-refractivity contribution in [3.63, 3.8) is 0 Å². The van der Waals surface area contributed by atoms with Crippen LogP contribution in [-0.2, 0) is 72.7 Å². The minimum Gasteiger partial charge on any atom is 0 e. The Morgan fingerprint density at radius 2 is 1.00 bits per heavy atom. The molecule has 0 saturated carbocycles. The van der Waals surface area contributed by atoms with Gasteiger partial charge in [-0.1, -0.05) is 0 Å². The smallest absolute Gasteiger partial charge is 0 e. The van der Waals surface area contributed by atoms with Gasteiger partial charge >= 0.3 is 18.9 Å². The van der Waals surface area contributed by atoms with Crippen molar-refractivity contribution in [2.75, 3.05) is 0 Å². The van der Waals surface area contributed by atoms with Gasteiger partial charge in [0.25, 0.3) is 0 Å². The quantitative estimate of drug-likeness (QED) is 0.503. The molecule has 0 aromatic rings. The van der Waals surface area contributed by atoms with E-state index in [0.29, 0.717) is 0 Å². The van der Waals surface area contributed by atoms with Gasteiger partial charge in [-0.2, -0.15) is 0 Å². The Morgan fingerprint density at radius 1 is 1.00 bits per heavy atom. The third-order valence-corrected chi connectivity index (χ3v) is 0. The molecule has 0 amide bonds. The Balaban J connectivity index is 0. The first-order chi connectivity index (χ1) is 0. The molecule has 3 radical (unpaired) electrons. The summed E-state index contributed by atoms with van der Waals surface area (Å²) in [6.45, 7) is 0. The third kappa shape index (κ3) is 19.8. The number of rotatable bonds is 0. The molecule has 0 rings (SSSR count). The van der Waals surface area contributed by atoms with Crippen molar-refractivity contribution < 1.29 is 72.7 Å². The summed E-state index contributed by atoms with van der Waals surface area (Å²) < 4.78 is 0. The fourth-order valence-corrected chi connectivity index (χ4v) is 0. The van der Waals surface area contributed by atoms with Gasteiger partial charge in [0.05, 0.1) is 0 Å². The molecule has 0 aliphatic carbocycles. The van der Waals surface area contributed by atoms with Crippen LogP contribution in [0, 0.1) is 0 Å². The van der Waals surface area contributed by atoms with Gasteiger partial charge in [-0.15, -0.1) is 0 Å². The van der Waals surface area contributed by atoms with Gasteiger partial charge in [-0.3, -0.25) is 0 Å². The van der Waals surface area contributed by atoms with E-state index in [2.05, 4.69) is 0 Å². The van der Waals surface area contributed by atoms with Crippen LogP contribution in [0.5, 0.6) is 0 Å². The molecule has 0 atom stereocenters. The first kappa shape index (κ1) is 45.3. The summed E-state index contributed by atoms with van der Waals surface area (Å²) in [5.74, 6) is 0. The van der Waals surface area contributed by atoms with E-state index in [1.54, 1.807) is 0 Å². The largest absolute Gasteiger partial charge is 0 e. The molecule has 0 aliphatic rings. The SMILES string of the molecule is [Co].[LiH].[Mn].[Ni].[Ta]. The van der Waals surface area contributed by atoms with Crippen LogP contribution in [-0.4, -0.2) is 18.9 Å². The molecule has 0 aromatic heterocycles. The molecule has 5 heavy (non-hydrogen) atoms. The van der Waals surface area contributed by atoms with E-state index in [4.69, 9.17) is 0 Å². The van der Waals surface area contributed by atoms with Crippen molar-refractivity contribution in [2.24, 2.45) is 0 Å². The molecular weight excluding hydrogens is 360 g/mol. The van der Waals surface area contributed by atoms with Crippen molar-refractivity contribution in [3.05, 3.63) is 0 Å². The second-order valence-electron chi connectivity index (χ2n) is 0. The van der Waals surface area contributed by atoms with E-state index >= 15 is 0 Å². The Hall–Kier alpha value is 2.86. The van der Waals surface area contributed by atoms with Gasteiger partial charge in [-0.25, -0.2) is 0 Å². The van der Waals surface area contributed by atoms with Gasteiger partial charge in [-0.05, 0) is 0 Å². The van der Waals surface area contributed by atoms with Gasteiger partial charge in [0, 0.05) is 72.7 Å². The summed E-state index contributed by atoms with van der Waals surface area (Å²) in [5.41, 5.74) is 0. The molecule has 0 aliphatic heterocycles.